The normalized spacial score (nSPS) is 19.2. The molecule has 116 valence electrons. The summed E-state index contributed by atoms with van der Waals surface area (Å²) in [5.74, 6) is -1.63. The van der Waals surface area contributed by atoms with Gasteiger partial charge in [-0.05, 0) is 28.9 Å². The smallest absolute Gasteiger partial charge is 0.251 e. The fourth-order valence-corrected chi connectivity index (χ4v) is 3.08. The third-order valence-electron chi connectivity index (χ3n) is 5.34. The lowest BCUT2D eigenvalue weighted by Gasteiger charge is -2.09. The highest BCUT2D eigenvalue weighted by molar-refractivity contribution is 5.94. The zero-order valence-electron chi connectivity index (χ0n) is 13.1. The molecule has 0 aliphatic heterocycles. The number of anilines is 1. The standard InChI is InChI=1S/C16H22F2N2O/c1-15(2)12(16(15,3)4)8-20-14(21)9-6-10(17)13(19-5)11(18)7-9/h6-7,12,19H,8H2,1-5H3,(H,20,21). The minimum absolute atomic E-state index is 0.000243. The summed E-state index contributed by atoms with van der Waals surface area (Å²) in [4.78, 5) is 12.0. The summed E-state index contributed by atoms with van der Waals surface area (Å²) in [6, 6.07) is 2.10. The highest BCUT2D eigenvalue weighted by atomic mass is 19.1. The Kier molecular flexibility index (Phi) is 3.72. The molecule has 0 atom stereocenters. The van der Waals surface area contributed by atoms with Crippen LogP contribution in [-0.2, 0) is 0 Å². The Bertz CT molecular complexity index is 545. The van der Waals surface area contributed by atoms with Gasteiger partial charge in [0.05, 0.1) is 0 Å². The molecule has 21 heavy (non-hydrogen) atoms. The van der Waals surface area contributed by atoms with E-state index in [1.165, 1.54) is 7.05 Å². The van der Waals surface area contributed by atoms with Gasteiger partial charge in [-0.25, -0.2) is 8.78 Å². The predicted molar refractivity (Wildman–Crippen MR) is 79.3 cm³/mol. The second kappa shape index (κ2) is 4.97. The Morgan fingerprint density at radius 2 is 1.62 bits per heavy atom. The van der Waals surface area contributed by atoms with E-state index in [0.29, 0.717) is 12.5 Å². The van der Waals surface area contributed by atoms with Gasteiger partial charge in [-0.2, -0.15) is 0 Å². The number of hydrogen-bond donors (Lipinski definition) is 2. The van der Waals surface area contributed by atoms with Crippen molar-refractivity contribution >= 4 is 11.6 Å². The third-order valence-corrected chi connectivity index (χ3v) is 5.34. The van der Waals surface area contributed by atoms with E-state index in [1.807, 2.05) is 0 Å². The van der Waals surface area contributed by atoms with Gasteiger partial charge in [-0.15, -0.1) is 0 Å². The molecule has 1 saturated carbocycles. The van der Waals surface area contributed by atoms with Crippen LogP contribution in [0, 0.1) is 28.4 Å². The van der Waals surface area contributed by atoms with Crippen LogP contribution in [-0.4, -0.2) is 19.5 Å². The first-order chi connectivity index (χ1) is 9.62. The van der Waals surface area contributed by atoms with E-state index in [1.54, 1.807) is 0 Å². The Hall–Kier alpha value is -1.65. The highest BCUT2D eigenvalue weighted by Crippen LogP contribution is 2.67. The molecule has 0 heterocycles. The van der Waals surface area contributed by atoms with Crippen molar-refractivity contribution in [3.05, 3.63) is 29.3 Å². The maximum absolute atomic E-state index is 13.6. The van der Waals surface area contributed by atoms with E-state index in [9.17, 15) is 13.6 Å². The molecule has 0 spiro atoms. The summed E-state index contributed by atoms with van der Waals surface area (Å²) in [5, 5.41) is 5.20. The van der Waals surface area contributed by atoms with E-state index in [4.69, 9.17) is 0 Å². The van der Waals surface area contributed by atoms with Gasteiger partial charge in [0.1, 0.15) is 17.3 Å². The Balaban J connectivity index is 2.06. The topological polar surface area (TPSA) is 41.1 Å². The van der Waals surface area contributed by atoms with Crippen LogP contribution < -0.4 is 10.6 Å². The first kappa shape index (κ1) is 15.7. The van der Waals surface area contributed by atoms with Gasteiger partial charge in [0, 0.05) is 19.2 Å². The van der Waals surface area contributed by atoms with Crippen molar-refractivity contribution in [1.29, 1.82) is 0 Å². The summed E-state index contributed by atoms with van der Waals surface area (Å²) < 4.78 is 27.3. The average Bonchev–Trinajstić information content (AvgIpc) is 2.76. The molecule has 1 aromatic rings. The van der Waals surface area contributed by atoms with Crippen LogP contribution in [0.5, 0.6) is 0 Å². The van der Waals surface area contributed by atoms with Gasteiger partial charge in [0.15, 0.2) is 0 Å². The molecule has 1 aromatic carbocycles. The Morgan fingerprint density at radius 3 is 2.00 bits per heavy atom. The number of amides is 1. The van der Waals surface area contributed by atoms with Gasteiger partial charge >= 0.3 is 0 Å². The quantitative estimate of drug-likeness (QED) is 0.894. The minimum Gasteiger partial charge on any atom is -0.383 e. The monoisotopic (exact) mass is 296 g/mol. The Labute approximate surface area is 124 Å². The molecule has 1 aliphatic carbocycles. The SMILES string of the molecule is CNc1c(F)cc(C(=O)NCC2C(C)(C)C2(C)C)cc1F. The summed E-state index contributed by atoms with van der Waals surface area (Å²) in [7, 11) is 1.43. The zero-order valence-corrected chi connectivity index (χ0v) is 13.1. The first-order valence-corrected chi connectivity index (χ1v) is 7.08. The van der Waals surface area contributed by atoms with Gasteiger partial charge in [-0.1, -0.05) is 27.7 Å². The number of hydrogen-bond acceptors (Lipinski definition) is 2. The second-order valence-electron chi connectivity index (χ2n) is 6.77. The van der Waals surface area contributed by atoms with Crippen LogP contribution >= 0.6 is 0 Å². The number of rotatable bonds is 4. The predicted octanol–water partition coefficient (Wildman–Crippen LogP) is 3.42. The molecular formula is C16H22F2N2O. The molecule has 5 heteroatoms. The molecule has 1 amide bonds. The summed E-state index contributed by atoms with van der Waals surface area (Å²) in [6.07, 6.45) is 0. The van der Waals surface area contributed by atoms with Crippen molar-refractivity contribution in [2.75, 3.05) is 18.9 Å². The molecule has 2 rings (SSSR count). The van der Waals surface area contributed by atoms with Crippen LogP contribution in [0.2, 0.25) is 0 Å². The van der Waals surface area contributed by atoms with E-state index in [2.05, 4.69) is 38.3 Å². The lowest BCUT2D eigenvalue weighted by Crippen LogP contribution is -2.27. The molecule has 1 aliphatic rings. The number of benzene rings is 1. The van der Waals surface area contributed by atoms with E-state index >= 15 is 0 Å². The Morgan fingerprint density at radius 1 is 1.14 bits per heavy atom. The second-order valence-corrected chi connectivity index (χ2v) is 6.77. The molecule has 1 fully saturated rings. The third kappa shape index (κ3) is 2.49. The summed E-state index contributed by atoms with van der Waals surface area (Å²) in [6.45, 7) is 9.14. The molecular weight excluding hydrogens is 274 g/mol. The van der Waals surface area contributed by atoms with Crippen LogP contribution in [0.3, 0.4) is 0 Å². The lowest BCUT2D eigenvalue weighted by molar-refractivity contribution is 0.0949. The fraction of sp³-hybridized carbons (Fsp3) is 0.562. The molecule has 3 nitrogen and oxygen atoms in total. The van der Waals surface area contributed by atoms with Crippen molar-refractivity contribution in [2.45, 2.75) is 27.7 Å². The van der Waals surface area contributed by atoms with Crippen molar-refractivity contribution in [3.63, 3.8) is 0 Å². The van der Waals surface area contributed by atoms with Gasteiger partial charge in [0.2, 0.25) is 0 Å². The highest BCUT2D eigenvalue weighted by Gasteiger charge is 2.64. The van der Waals surface area contributed by atoms with E-state index in [-0.39, 0.29) is 22.1 Å². The molecule has 0 aromatic heterocycles. The lowest BCUT2D eigenvalue weighted by atomic mass is 10.0. The number of nitrogens with one attached hydrogen (secondary N) is 2. The van der Waals surface area contributed by atoms with E-state index < -0.39 is 17.5 Å². The number of carbonyl (C=O) groups is 1. The maximum atomic E-state index is 13.6. The zero-order chi connectivity index (χ0) is 16.0. The number of halogens is 2. The molecule has 0 saturated heterocycles. The van der Waals surface area contributed by atoms with Crippen molar-refractivity contribution < 1.29 is 13.6 Å². The van der Waals surface area contributed by atoms with Crippen molar-refractivity contribution in [2.24, 2.45) is 16.7 Å². The van der Waals surface area contributed by atoms with Gasteiger partial charge in [-0.3, -0.25) is 4.79 Å². The summed E-state index contributed by atoms with van der Waals surface area (Å²) in [5.41, 5.74) is 0.0933. The average molecular weight is 296 g/mol. The maximum Gasteiger partial charge on any atom is 0.251 e. The largest absolute Gasteiger partial charge is 0.383 e. The van der Waals surface area contributed by atoms with Gasteiger partial charge < -0.3 is 10.6 Å². The molecule has 0 unspecified atom stereocenters. The fourth-order valence-electron chi connectivity index (χ4n) is 3.08. The summed E-state index contributed by atoms with van der Waals surface area (Å²) >= 11 is 0. The van der Waals surface area contributed by atoms with Crippen molar-refractivity contribution in [1.82, 2.24) is 5.32 Å². The minimum atomic E-state index is -0.769. The van der Waals surface area contributed by atoms with Crippen LogP contribution in [0.4, 0.5) is 14.5 Å². The van der Waals surface area contributed by atoms with Gasteiger partial charge in [0.25, 0.3) is 5.91 Å². The van der Waals surface area contributed by atoms with Crippen LogP contribution in [0.25, 0.3) is 0 Å². The molecule has 0 bridgehead atoms. The van der Waals surface area contributed by atoms with Crippen LogP contribution in [0.15, 0.2) is 12.1 Å². The van der Waals surface area contributed by atoms with E-state index in [0.717, 1.165) is 12.1 Å². The molecule has 2 N–H and O–H groups in total. The molecule has 0 radical (unpaired) electrons. The first-order valence-electron chi connectivity index (χ1n) is 7.08. The number of carbonyl (C=O) groups excluding carboxylic acids is 1. The van der Waals surface area contributed by atoms with Crippen LogP contribution in [0.1, 0.15) is 38.1 Å². The van der Waals surface area contributed by atoms with Crippen molar-refractivity contribution in [3.8, 4) is 0 Å².